The first-order valence-electron chi connectivity index (χ1n) is 7.57. The first-order chi connectivity index (χ1) is 11.9. The van der Waals surface area contributed by atoms with Gasteiger partial charge in [-0.2, -0.15) is 0 Å². The molecule has 0 saturated carbocycles. The molecule has 1 amide bonds. The first-order valence-corrected chi connectivity index (χ1v) is 8.36. The van der Waals surface area contributed by atoms with Gasteiger partial charge in [0, 0.05) is 22.6 Å². The van der Waals surface area contributed by atoms with Crippen molar-refractivity contribution in [3.63, 3.8) is 0 Å². The number of hydrogen-bond donors (Lipinski definition) is 1. The number of benzene rings is 2. The Morgan fingerprint density at radius 2 is 1.96 bits per heavy atom. The van der Waals surface area contributed by atoms with Crippen molar-refractivity contribution in [3.8, 4) is 11.5 Å². The fourth-order valence-electron chi connectivity index (χ4n) is 2.35. The van der Waals surface area contributed by atoms with E-state index in [1.165, 1.54) is 12.1 Å². The molecule has 0 radical (unpaired) electrons. The van der Waals surface area contributed by atoms with E-state index in [1.807, 2.05) is 17.0 Å². The third-order valence-corrected chi connectivity index (χ3v) is 4.05. The second-order valence-corrected chi connectivity index (χ2v) is 6.44. The van der Waals surface area contributed by atoms with Crippen LogP contribution in [-0.2, 0) is 11.3 Å². The monoisotopic (exact) mass is 410 g/mol. The molecule has 134 valence electrons. The zero-order chi connectivity index (χ0) is 18.4. The summed E-state index contributed by atoms with van der Waals surface area (Å²) >= 11 is 3.18. The van der Waals surface area contributed by atoms with Crippen molar-refractivity contribution in [1.29, 1.82) is 0 Å². The number of likely N-dealkylation sites (N-methyl/N-ethyl adjacent to an activating group) is 1. The molecule has 0 fully saturated rings. The van der Waals surface area contributed by atoms with Crippen LogP contribution in [0.2, 0.25) is 0 Å². The number of anilines is 1. The quantitative estimate of drug-likeness (QED) is 0.756. The van der Waals surface area contributed by atoms with E-state index in [2.05, 4.69) is 21.2 Å². The van der Waals surface area contributed by atoms with E-state index < -0.39 is 5.82 Å². The number of ether oxygens (including phenoxy) is 2. The van der Waals surface area contributed by atoms with E-state index in [0.717, 1.165) is 5.56 Å². The standard InChI is InChI=1S/C18H20BrFN2O3/c1-22(10-12-4-6-14(24-2)9-17(12)25-3)11-18(23)21-16-7-5-13(19)8-15(16)20/h4-9H,10-11H2,1-3H3,(H,21,23). The van der Waals surface area contributed by atoms with Crippen molar-refractivity contribution in [2.45, 2.75) is 6.54 Å². The summed E-state index contributed by atoms with van der Waals surface area (Å²) in [6.07, 6.45) is 0. The number of hydrogen-bond acceptors (Lipinski definition) is 4. The van der Waals surface area contributed by atoms with Crippen LogP contribution in [0.1, 0.15) is 5.56 Å². The summed E-state index contributed by atoms with van der Waals surface area (Å²) in [5.74, 6) is 0.607. The molecule has 25 heavy (non-hydrogen) atoms. The van der Waals surface area contributed by atoms with Gasteiger partial charge in [-0.1, -0.05) is 22.0 Å². The molecule has 0 aromatic heterocycles. The lowest BCUT2D eigenvalue weighted by atomic mass is 10.2. The molecule has 0 unspecified atom stereocenters. The van der Waals surface area contributed by atoms with Crippen molar-refractivity contribution in [3.05, 3.63) is 52.3 Å². The summed E-state index contributed by atoms with van der Waals surface area (Å²) in [6, 6.07) is 10.0. The van der Waals surface area contributed by atoms with Crippen LogP contribution in [0.25, 0.3) is 0 Å². The first kappa shape index (κ1) is 19.2. The zero-order valence-corrected chi connectivity index (χ0v) is 15.9. The van der Waals surface area contributed by atoms with Crippen molar-refractivity contribution in [2.24, 2.45) is 0 Å². The van der Waals surface area contributed by atoms with E-state index in [1.54, 1.807) is 33.4 Å². The lowest BCUT2D eigenvalue weighted by Crippen LogP contribution is -2.30. The molecular formula is C18H20BrFN2O3. The summed E-state index contributed by atoms with van der Waals surface area (Å²) in [7, 11) is 4.98. The summed E-state index contributed by atoms with van der Waals surface area (Å²) < 4.78 is 24.9. The average Bonchev–Trinajstić information content (AvgIpc) is 2.57. The van der Waals surface area contributed by atoms with Crippen molar-refractivity contribution < 1.29 is 18.7 Å². The van der Waals surface area contributed by atoms with Crippen LogP contribution < -0.4 is 14.8 Å². The molecule has 0 aliphatic heterocycles. The highest BCUT2D eigenvalue weighted by molar-refractivity contribution is 9.10. The Bertz CT molecular complexity index is 755. The maximum Gasteiger partial charge on any atom is 0.238 e. The smallest absolute Gasteiger partial charge is 0.238 e. The highest BCUT2D eigenvalue weighted by Crippen LogP contribution is 2.25. The summed E-state index contributed by atoms with van der Waals surface area (Å²) in [5, 5.41) is 2.57. The van der Waals surface area contributed by atoms with E-state index in [9.17, 15) is 9.18 Å². The van der Waals surface area contributed by atoms with Crippen LogP contribution in [0.15, 0.2) is 40.9 Å². The largest absolute Gasteiger partial charge is 0.497 e. The third-order valence-electron chi connectivity index (χ3n) is 3.55. The van der Waals surface area contributed by atoms with Crippen molar-refractivity contribution in [1.82, 2.24) is 4.90 Å². The Balaban J connectivity index is 1.97. The maximum absolute atomic E-state index is 13.8. The molecule has 2 aromatic carbocycles. The number of carbonyl (C=O) groups is 1. The molecule has 0 atom stereocenters. The number of nitrogens with one attached hydrogen (secondary N) is 1. The normalized spacial score (nSPS) is 10.6. The second-order valence-electron chi connectivity index (χ2n) is 5.52. The van der Waals surface area contributed by atoms with Gasteiger partial charge < -0.3 is 14.8 Å². The molecule has 2 aromatic rings. The van der Waals surface area contributed by atoms with Crippen LogP contribution >= 0.6 is 15.9 Å². The van der Waals surface area contributed by atoms with Crippen LogP contribution in [-0.4, -0.2) is 38.6 Å². The molecule has 7 heteroatoms. The van der Waals surface area contributed by atoms with Crippen LogP contribution in [0.4, 0.5) is 10.1 Å². The van der Waals surface area contributed by atoms with Gasteiger partial charge in [-0.25, -0.2) is 4.39 Å². The van der Waals surface area contributed by atoms with Crippen molar-refractivity contribution >= 4 is 27.5 Å². The number of carbonyl (C=O) groups excluding carboxylic acids is 1. The minimum absolute atomic E-state index is 0.116. The minimum Gasteiger partial charge on any atom is -0.497 e. The lowest BCUT2D eigenvalue weighted by Gasteiger charge is -2.18. The van der Waals surface area contributed by atoms with E-state index in [-0.39, 0.29) is 18.1 Å². The van der Waals surface area contributed by atoms with Crippen molar-refractivity contribution in [2.75, 3.05) is 33.1 Å². The molecule has 0 heterocycles. The van der Waals surface area contributed by atoms with Gasteiger partial charge in [0.1, 0.15) is 17.3 Å². The van der Waals surface area contributed by atoms with Gasteiger partial charge in [-0.15, -0.1) is 0 Å². The third kappa shape index (κ3) is 5.44. The summed E-state index contributed by atoms with van der Waals surface area (Å²) in [4.78, 5) is 13.9. The van der Waals surface area contributed by atoms with Gasteiger partial charge in [0.15, 0.2) is 0 Å². The van der Waals surface area contributed by atoms with Gasteiger partial charge in [-0.3, -0.25) is 9.69 Å². The van der Waals surface area contributed by atoms with Gasteiger partial charge in [-0.05, 0) is 31.3 Å². The predicted octanol–water partition coefficient (Wildman–Crippen LogP) is 3.68. The highest BCUT2D eigenvalue weighted by atomic mass is 79.9. The average molecular weight is 411 g/mol. The van der Waals surface area contributed by atoms with E-state index in [0.29, 0.717) is 22.5 Å². The molecule has 5 nitrogen and oxygen atoms in total. The van der Waals surface area contributed by atoms with Crippen LogP contribution in [0.3, 0.4) is 0 Å². The van der Waals surface area contributed by atoms with Gasteiger partial charge in [0.05, 0.1) is 26.5 Å². The molecular weight excluding hydrogens is 391 g/mol. The number of rotatable bonds is 7. The van der Waals surface area contributed by atoms with Gasteiger partial charge in [0.2, 0.25) is 5.91 Å². The second kappa shape index (κ2) is 8.82. The fraction of sp³-hybridized carbons (Fsp3) is 0.278. The Labute approximate surface area is 154 Å². The molecule has 0 aliphatic carbocycles. The zero-order valence-electron chi connectivity index (χ0n) is 14.3. The van der Waals surface area contributed by atoms with Gasteiger partial charge in [0.25, 0.3) is 0 Å². The minimum atomic E-state index is -0.484. The number of nitrogens with zero attached hydrogens (tertiary/aromatic N) is 1. The maximum atomic E-state index is 13.8. The molecule has 0 saturated heterocycles. The number of halogens is 2. The fourth-order valence-corrected chi connectivity index (χ4v) is 2.69. The molecule has 0 aliphatic rings. The molecule has 0 spiro atoms. The number of amides is 1. The van der Waals surface area contributed by atoms with E-state index >= 15 is 0 Å². The Hall–Kier alpha value is -2.12. The predicted molar refractivity (Wildman–Crippen MR) is 98.6 cm³/mol. The molecule has 1 N–H and O–H groups in total. The Morgan fingerprint density at radius 3 is 2.60 bits per heavy atom. The summed E-state index contributed by atoms with van der Waals surface area (Å²) in [6.45, 7) is 0.619. The molecule has 2 rings (SSSR count). The Morgan fingerprint density at radius 1 is 1.20 bits per heavy atom. The van der Waals surface area contributed by atoms with Crippen LogP contribution in [0, 0.1) is 5.82 Å². The lowest BCUT2D eigenvalue weighted by molar-refractivity contribution is -0.117. The summed E-state index contributed by atoms with van der Waals surface area (Å²) in [5.41, 5.74) is 1.08. The highest BCUT2D eigenvalue weighted by Gasteiger charge is 2.13. The van der Waals surface area contributed by atoms with Gasteiger partial charge >= 0.3 is 0 Å². The SMILES string of the molecule is COc1ccc(CN(C)CC(=O)Nc2ccc(Br)cc2F)c(OC)c1. The topological polar surface area (TPSA) is 50.8 Å². The number of methoxy groups -OCH3 is 2. The Kier molecular flexibility index (Phi) is 6.78. The van der Waals surface area contributed by atoms with E-state index in [4.69, 9.17) is 9.47 Å². The molecule has 0 bridgehead atoms. The van der Waals surface area contributed by atoms with Crippen LogP contribution in [0.5, 0.6) is 11.5 Å².